The Balaban J connectivity index is 1.79. The molecule has 0 bridgehead atoms. The van der Waals surface area contributed by atoms with Crippen LogP contribution in [0.4, 0.5) is 10.1 Å². The van der Waals surface area contributed by atoms with E-state index in [0.717, 1.165) is 49.2 Å². The number of benzene rings is 2. The van der Waals surface area contributed by atoms with Gasteiger partial charge in [-0.1, -0.05) is 30.7 Å². The molecule has 0 saturated carbocycles. The molecule has 2 aromatic carbocycles. The Morgan fingerprint density at radius 2 is 1.93 bits per heavy atom. The lowest BCUT2D eigenvalue weighted by molar-refractivity contribution is 0.0987. The van der Waals surface area contributed by atoms with Gasteiger partial charge in [-0.3, -0.25) is 4.79 Å². The molecule has 2 heterocycles. The molecule has 0 atom stereocenters. The number of halogens is 1. The molecular weight excluding hydrogens is 353 g/mol. The predicted octanol–water partition coefficient (Wildman–Crippen LogP) is 5.00. The van der Waals surface area contributed by atoms with Gasteiger partial charge < -0.3 is 9.47 Å². The molecule has 0 radical (unpaired) electrons. The molecule has 0 unspecified atom stereocenters. The minimum Gasteiger partial charge on any atom is -0.327 e. The van der Waals surface area contributed by atoms with Crippen molar-refractivity contribution in [2.75, 3.05) is 11.9 Å². The summed E-state index contributed by atoms with van der Waals surface area (Å²) in [6, 6.07) is 14.3. The molecule has 4 nitrogen and oxygen atoms in total. The van der Waals surface area contributed by atoms with Gasteiger partial charge in [-0.25, -0.2) is 9.37 Å². The van der Waals surface area contributed by atoms with Crippen LogP contribution in [0.3, 0.4) is 0 Å². The normalized spacial score (nSPS) is 13.7. The van der Waals surface area contributed by atoms with Crippen molar-refractivity contribution in [3.05, 3.63) is 71.3 Å². The number of hydrogen-bond donors (Lipinski definition) is 0. The summed E-state index contributed by atoms with van der Waals surface area (Å²) < 4.78 is 15.9. The van der Waals surface area contributed by atoms with Crippen LogP contribution in [0.25, 0.3) is 11.4 Å². The summed E-state index contributed by atoms with van der Waals surface area (Å²) >= 11 is 0. The van der Waals surface area contributed by atoms with Crippen molar-refractivity contribution in [3.8, 4) is 11.4 Å². The third-order valence-electron chi connectivity index (χ3n) is 5.35. The minimum atomic E-state index is -0.298. The Kier molecular flexibility index (Phi) is 4.99. The van der Waals surface area contributed by atoms with Gasteiger partial charge in [0.05, 0.1) is 5.69 Å². The number of imidazole rings is 1. The fraction of sp³-hybridized carbons (Fsp3) is 0.304. The van der Waals surface area contributed by atoms with Crippen LogP contribution >= 0.6 is 0 Å². The first-order valence-electron chi connectivity index (χ1n) is 9.74. The quantitative estimate of drug-likeness (QED) is 0.644. The summed E-state index contributed by atoms with van der Waals surface area (Å²) in [5.74, 6) is 0.254. The number of nitrogens with zero attached hydrogens (tertiary/aromatic N) is 3. The van der Waals surface area contributed by atoms with Gasteiger partial charge in [0, 0.05) is 24.8 Å². The molecule has 1 aromatic heterocycles. The van der Waals surface area contributed by atoms with E-state index in [1.807, 2.05) is 37.3 Å². The Bertz CT molecular complexity index is 1020. The molecule has 144 valence electrons. The predicted molar refractivity (Wildman–Crippen MR) is 109 cm³/mol. The summed E-state index contributed by atoms with van der Waals surface area (Å²) in [6.45, 7) is 2.81. The average Bonchev–Trinajstić information content (AvgIpc) is 2.88. The molecule has 0 saturated heterocycles. The number of fused-ring (bicyclic) bond motifs is 1. The van der Waals surface area contributed by atoms with Gasteiger partial charge in [0.1, 0.15) is 11.6 Å². The molecule has 1 aliphatic rings. The van der Waals surface area contributed by atoms with E-state index in [1.165, 1.54) is 12.1 Å². The third-order valence-corrected chi connectivity index (χ3v) is 5.35. The maximum absolute atomic E-state index is 13.8. The van der Waals surface area contributed by atoms with Crippen LogP contribution in [0, 0.1) is 12.7 Å². The van der Waals surface area contributed by atoms with Crippen LogP contribution in [0.5, 0.6) is 0 Å². The van der Waals surface area contributed by atoms with E-state index in [-0.39, 0.29) is 11.7 Å². The van der Waals surface area contributed by atoms with E-state index in [4.69, 9.17) is 4.98 Å². The SMILES string of the molecule is Cc1cccc(N(C)C(=O)c2nc(-c3cccc(F)c3)n3c2CCCCC3)c1. The first kappa shape index (κ1) is 18.4. The topological polar surface area (TPSA) is 38.1 Å². The van der Waals surface area contributed by atoms with Crippen LogP contribution in [0.1, 0.15) is 41.0 Å². The number of anilines is 1. The highest BCUT2D eigenvalue weighted by Gasteiger charge is 2.26. The molecule has 1 amide bonds. The number of carbonyl (C=O) groups is 1. The van der Waals surface area contributed by atoms with Gasteiger partial charge in [0.2, 0.25) is 0 Å². The summed E-state index contributed by atoms with van der Waals surface area (Å²) in [5.41, 5.74) is 4.08. The highest BCUT2D eigenvalue weighted by Crippen LogP contribution is 2.29. The lowest BCUT2D eigenvalue weighted by atomic mass is 10.1. The highest BCUT2D eigenvalue weighted by atomic mass is 19.1. The molecule has 4 rings (SSSR count). The van der Waals surface area contributed by atoms with Gasteiger partial charge in [-0.05, 0) is 56.0 Å². The maximum Gasteiger partial charge on any atom is 0.278 e. The fourth-order valence-electron chi connectivity index (χ4n) is 3.85. The zero-order valence-corrected chi connectivity index (χ0v) is 16.3. The van der Waals surface area contributed by atoms with Crippen molar-refractivity contribution in [2.24, 2.45) is 0 Å². The standard InChI is InChI=1S/C23H24FN3O/c1-16-8-6-11-19(14-16)26(2)23(28)21-20-12-4-3-5-13-27(20)22(25-21)17-9-7-10-18(24)15-17/h6-11,14-15H,3-5,12-13H2,1-2H3. The van der Waals surface area contributed by atoms with Crippen LogP contribution in [0.15, 0.2) is 48.5 Å². The smallest absolute Gasteiger partial charge is 0.278 e. The first-order chi connectivity index (χ1) is 13.5. The molecule has 0 fully saturated rings. The first-order valence-corrected chi connectivity index (χ1v) is 9.74. The van der Waals surface area contributed by atoms with Gasteiger partial charge >= 0.3 is 0 Å². The van der Waals surface area contributed by atoms with Gasteiger partial charge in [0.25, 0.3) is 5.91 Å². The summed E-state index contributed by atoms with van der Waals surface area (Å²) in [7, 11) is 1.78. The number of aryl methyl sites for hydroxylation is 1. The van der Waals surface area contributed by atoms with E-state index in [9.17, 15) is 9.18 Å². The second kappa shape index (κ2) is 7.58. The second-order valence-electron chi connectivity index (χ2n) is 7.41. The van der Waals surface area contributed by atoms with Gasteiger partial charge in [-0.15, -0.1) is 0 Å². The maximum atomic E-state index is 13.8. The van der Waals surface area contributed by atoms with E-state index < -0.39 is 0 Å². The Morgan fingerprint density at radius 3 is 2.71 bits per heavy atom. The van der Waals surface area contributed by atoms with Gasteiger partial charge in [0.15, 0.2) is 5.69 Å². The average molecular weight is 377 g/mol. The van der Waals surface area contributed by atoms with Crippen molar-refractivity contribution in [3.63, 3.8) is 0 Å². The molecular formula is C23H24FN3O. The summed E-state index contributed by atoms with van der Waals surface area (Å²) in [5, 5.41) is 0. The molecule has 0 spiro atoms. The van der Waals surface area contributed by atoms with Crippen LogP contribution in [-0.4, -0.2) is 22.5 Å². The molecule has 28 heavy (non-hydrogen) atoms. The highest BCUT2D eigenvalue weighted by molar-refractivity contribution is 6.05. The van der Waals surface area contributed by atoms with E-state index in [2.05, 4.69) is 4.57 Å². The van der Waals surface area contributed by atoms with Gasteiger partial charge in [-0.2, -0.15) is 0 Å². The van der Waals surface area contributed by atoms with Crippen molar-refractivity contribution in [1.29, 1.82) is 0 Å². The number of amides is 1. The molecule has 0 N–H and O–H groups in total. The monoisotopic (exact) mass is 377 g/mol. The van der Waals surface area contributed by atoms with Crippen molar-refractivity contribution >= 4 is 11.6 Å². The van der Waals surface area contributed by atoms with Crippen molar-refractivity contribution in [2.45, 2.75) is 39.2 Å². The Morgan fingerprint density at radius 1 is 1.11 bits per heavy atom. The van der Waals surface area contributed by atoms with E-state index in [1.54, 1.807) is 18.0 Å². The number of aromatic nitrogens is 2. The zero-order valence-electron chi connectivity index (χ0n) is 16.3. The minimum absolute atomic E-state index is 0.126. The fourth-order valence-corrected chi connectivity index (χ4v) is 3.85. The third kappa shape index (κ3) is 3.44. The van der Waals surface area contributed by atoms with Crippen LogP contribution < -0.4 is 4.90 Å². The summed E-state index contributed by atoms with van der Waals surface area (Å²) in [4.78, 5) is 19.7. The van der Waals surface area contributed by atoms with Crippen molar-refractivity contribution in [1.82, 2.24) is 9.55 Å². The van der Waals surface area contributed by atoms with E-state index in [0.29, 0.717) is 17.1 Å². The number of carbonyl (C=O) groups excluding carboxylic acids is 1. The van der Waals surface area contributed by atoms with Crippen LogP contribution in [-0.2, 0) is 13.0 Å². The van der Waals surface area contributed by atoms with E-state index >= 15 is 0 Å². The molecule has 0 aliphatic carbocycles. The summed E-state index contributed by atoms with van der Waals surface area (Å²) in [6.07, 6.45) is 3.99. The number of rotatable bonds is 3. The Labute approximate surface area is 164 Å². The molecule has 5 heteroatoms. The van der Waals surface area contributed by atoms with Crippen LogP contribution in [0.2, 0.25) is 0 Å². The largest absolute Gasteiger partial charge is 0.327 e. The number of hydrogen-bond acceptors (Lipinski definition) is 2. The second-order valence-corrected chi connectivity index (χ2v) is 7.41. The lowest BCUT2D eigenvalue weighted by Gasteiger charge is -2.17. The lowest BCUT2D eigenvalue weighted by Crippen LogP contribution is -2.27. The molecule has 3 aromatic rings. The molecule has 1 aliphatic heterocycles. The van der Waals surface area contributed by atoms with Crippen molar-refractivity contribution < 1.29 is 9.18 Å². The zero-order chi connectivity index (χ0) is 19.7. The Hall–Kier alpha value is -2.95.